The summed E-state index contributed by atoms with van der Waals surface area (Å²) in [5.74, 6) is -3.18. The lowest BCUT2D eigenvalue weighted by Gasteiger charge is -2.35. The van der Waals surface area contributed by atoms with Gasteiger partial charge in [0.25, 0.3) is 0 Å². The van der Waals surface area contributed by atoms with Crippen molar-refractivity contribution in [3.05, 3.63) is 59.2 Å². The average Bonchev–Trinajstić information content (AvgIpc) is 2.73. The van der Waals surface area contributed by atoms with E-state index in [2.05, 4.69) is 0 Å². The molecule has 32 heavy (non-hydrogen) atoms. The molecule has 3 atom stereocenters. The molecule has 4 rings (SSSR count). The van der Waals surface area contributed by atoms with Crippen LogP contribution in [-0.4, -0.2) is 47.0 Å². The Morgan fingerprint density at radius 3 is 2.12 bits per heavy atom. The normalized spacial score (nSPS) is 18.5. The summed E-state index contributed by atoms with van der Waals surface area (Å²) >= 11 is 0. The lowest BCUT2D eigenvalue weighted by atomic mass is 9.93. The van der Waals surface area contributed by atoms with Gasteiger partial charge in [0.15, 0.2) is 41.1 Å². The van der Waals surface area contributed by atoms with Crippen LogP contribution in [0.15, 0.2) is 42.5 Å². The lowest BCUT2D eigenvalue weighted by molar-refractivity contribution is -0.169. The van der Waals surface area contributed by atoms with Crippen LogP contribution in [0.1, 0.15) is 29.1 Å². The van der Waals surface area contributed by atoms with Gasteiger partial charge in [-0.15, -0.1) is 0 Å². The van der Waals surface area contributed by atoms with Gasteiger partial charge in [0.1, 0.15) is 23.4 Å². The first-order valence-electron chi connectivity index (χ1n) is 9.45. The Hall–Kier alpha value is -4.02. The summed E-state index contributed by atoms with van der Waals surface area (Å²) in [5, 5.41) is 79.0. The van der Waals surface area contributed by atoms with Gasteiger partial charge >= 0.3 is 0 Å². The van der Waals surface area contributed by atoms with Crippen LogP contribution in [-0.2, 0) is 11.2 Å². The van der Waals surface area contributed by atoms with Gasteiger partial charge in [0.05, 0.1) is 0 Å². The molecule has 0 amide bonds. The molecule has 0 saturated carbocycles. The number of phenolic OH excluding ortho intramolecular Hbond substituents is 7. The molecule has 10 heteroatoms. The molecule has 0 saturated heterocycles. The Balaban J connectivity index is 1.71. The first kappa shape index (κ1) is 21.2. The van der Waals surface area contributed by atoms with Crippen LogP contribution in [0.5, 0.6) is 46.0 Å². The minimum atomic E-state index is -1.69. The number of hydrogen-bond donors (Lipinski definition) is 8. The molecule has 0 spiro atoms. The molecule has 2 unspecified atom stereocenters. The van der Waals surface area contributed by atoms with E-state index < -0.39 is 41.5 Å². The summed E-state index contributed by atoms with van der Waals surface area (Å²) in [6.07, 6.45) is -3.59. The smallest absolute Gasteiger partial charge is 0.200 e. The topological polar surface area (TPSA) is 180 Å². The molecular weight excluding hydrogens is 424 g/mol. The van der Waals surface area contributed by atoms with Crippen molar-refractivity contribution in [2.75, 3.05) is 0 Å². The predicted octanol–water partition coefficient (Wildman–Crippen LogP) is 2.38. The standard InChI is InChI=1S/C22H20O10/c23-11-6-14(25)12-8-19(32-22(30)10-4-16(27)20(29)17(28)5-10)21(31-18(12)7-11)9-1-2-13(24)15(26)3-9/h1-7,19,21-30H,8H2/t19-,21?,22?/m1/s1. The molecule has 1 aliphatic heterocycles. The Morgan fingerprint density at radius 2 is 1.47 bits per heavy atom. The second-order valence-corrected chi connectivity index (χ2v) is 7.37. The van der Waals surface area contributed by atoms with Gasteiger partial charge in [-0.05, 0) is 29.8 Å². The summed E-state index contributed by atoms with van der Waals surface area (Å²) in [7, 11) is 0. The fraction of sp³-hybridized carbons (Fsp3) is 0.182. The molecule has 0 aliphatic carbocycles. The maximum Gasteiger partial charge on any atom is 0.200 e. The highest BCUT2D eigenvalue weighted by Gasteiger charge is 2.36. The van der Waals surface area contributed by atoms with Crippen molar-refractivity contribution in [1.82, 2.24) is 0 Å². The van der Waals surface area contributed by atoms with Gasteiger partial charge in [-0.1, -0.05) is 6.07 Å². The summed E-state index contributed by atoms with van der Waals surface area (Å²) in [6, 6.07) is 8.39. The average molecular weight is 444 g/mol. The minimum Gasteiger partial charge on any atom is -0.508 e. The Kier molecular flexibility index (Phi) is 5.25. The first-order chi connectivity index (χ1) is 15.1. The van der Waals surface area contributed by atoms with Gasteiger partial charge in [0.2, 0.25) is 0 Å². The summed E-state index contributed by atoms with van der Waals surface area (Å²) in [4.78, 5) is 0. The summed E-state index contributed by atoms with van der Waals surface area (Å²) in [5.41, 5.74) is 0.601. The molecule has 3 aromatic rings. The highest BCUT2D eigenvalue weighted by atomic mass is 16.6. The van der Waals surface area contributed by atoms with E-state index in [4.69, 9.17) is 9.47 Å². The molecule has 1 aliphatic rings. The second kappa shape index (κ2) is 7.91. The van der Waals surface area contributed by atoms with Crippen LogP contribution in [0, 0.1) is 0 Å². The number of benzene rings is 3. The molecule has 1 heterocycles. The number of ether oxygens (including phenoxy) is 2. The largest absolute Gasteiger partial charge is 0.508 e. The fourth-order valence-corrected chi connectivity index (χ4v) is 3.58. The third kappa shape index (κ3) is 3.84. The molecule has 3 aromatic carbocycles. The van der Waals surface area contributed by atoms with E-state index in [1.165, 1.54) is 24.3 Å². The van der Waals surface area contributed by atoms with Crippen molar-refractivity contribution in [2.45, 2.75) is 24.9 Å². The number of phenols is 7. The second-order valence-electron chi connectivity index (χ2n) is 7.37. The lowest BCUT2D eigenvalue weighted by Crippen LogP contribution is -2.34. The molecular formula is C22H20O10. The van der Waals surface area contributed by atoms with Crippen LogP contribution in [0.2, 0.25) is 0 Å². The Morgan fingerprint density at radius 1 is 0.781 bits per heavy atom. The van der Waals surface area contributed by atoms with E-state index in [1.807, 2.05) is 0 Å². The van der Waals surface area contributed by atoms with E-state index in [9.17, 15) is 40.9 Å². The van der Waals surface area contributed by atoms with Crippen molar-refractivity contribution in [1.29, 1.82) is 0 Å². The van der Waals surface area contributed by atoms with Crippen LogP contribution in [0.25, 0.3) is 0 Å². The van der Waals surface area contributed by atoms with Gasteiger partial charge in [-0.25, -0.2) is 0 Å². The molecule has 0 fully saturated rings. The van der Waals surface area contributed by atoms with Crippen molar-refractivity contribution >= 4 is 0 Å². The van der Waals surface area contributed by atoms with E-state index in [0.717, 1.165) is 18.2 Å². The van der Waals surface area contributed by atoms with Crippen LogP contribution in [0.3, 0.4) is 0 Å². The fourth-order valence-electron chi connectivity index (χ4n) is 3.58. The monoisotopic (exact) mass is 444 g/mol. The first-order valence-corrected chi connectivity index (χ1v) is 9.45. The molecule has 8 N–H and O–H groups in total. The molecule has 0 radical (unpaired) electrons. The molecule has 168 valence electrons. The minimum absolute atomic E-state index is 0.0147. The zero-order valence-electron chi connectivity index (χ0n) is 16.4. The third-order valence-corrected chi connectivity index (χ3v) is 5.18. The molecule has 0 aromatic heterocycles. The predicted molar refractivity (Wildman–Crippen MR) is 108 cm³/mol. The third-order valence-electron chi connectivity index (χ3n) is 5.18. The van der Waals surface area contributed by atoms with Crippen molar-refractivity contribution in [3.8, 4) is 46.0 Å². The van der Waals surface area contributed by atoms with Crippen molar-refractivity contribution < 1.29 is 50.3 Å². The van der Waals surface area contributed by atoms with E-state index in [-0.39, 0.29) is 35.0 Å². The number of hydrogen-bond acceptors (Lipinski definition) is 10. The Labute approximate surface area is 181 Å². The van der Waals surface area contributed by atoms with E-state index in [0.29, 0.717) is 11.1 Å². The number of rotatable bonds is 4. The van der Waals surface area contributed by atoms with E-state index in [1.54, 1.807) is 0 Å². The van der Waals surface area contributed by atoms with Crippen LogP contribution < -0.4 is 4.74 Å². The van der Waals surface area contributed by atoms with Crippen molar-refractivity contribution in [2.24, 2.45) is 0 Å². The van der Waals surface area contributed by atoms with Gasteiger partial charge in [-0.2, -0.15) is 0 Å². The quantitative estimate of drug-likeness (QED) is 0.220. The number of aromatic hydroxyl groups is 7. The Bertz CT molecular complexity index is 1150. The maximum atomic E-state index is 10.6. The molecule has 10 nitrogen and oxygen atoms in total. The van der Waals surface area contributed by atoms with Crippen LogP contribution in [0.4, 0.5) is 0 Å². The van der Waals surface area contributed by atoms with E-state index >= 15 is 0 Å². The number of fused-ring (bicyclic) bond motifs is 1. The summed E-state index contributed by atoms with van der Waals surface area (Å²) < 4.78 is 11.6. The zero-order valence-corrected chi connectivity index (χ0v) is 16.4. The van der Waals surface area contributed by atoms with Gasteiger partial charge in [-0.3, -0.25) is 0 Å². The maximum absolute atomic E-state index is 10.6. The number of aliphatic hydroxyl groups excluding tert-OH is 1. The van der Waals surface area contributed by atoms with Gasteiger partial charge in [0, 0.05) is 29.7 Å². The molecule has 0 bridgehead atoms. The number of aliphatic hydroxyl groups is 1. The highest BCUT2D eigenvalue weighted by molar-refractivity contribution is 5.53. The summed E-state index contributed by atoms with van der Waals surface area (Å²) in [6.45, 7) is 0. The van der Waals surface area contributed by atoms with Gasteiger partial charge < -0.3 is 50.3 Å². The van der Waals surface area contributed by atoms with Crippen LogP contribution >= 0.6 is 0 Å². The highest BCUT2D eigenvalue weighted by Crippen LogP contribution is 2.45. The zero-order chi connectivity index (χ0) is 23.2. The SMILES string of the molecule is Oc1cc(O)c2c(c1)OC(c1ccc(O)c(O)c1)[C@H](OC(O)c1cc(O)c(O)c(O)c1)C2. The van der Waals surface area contributed by atoms with Crippen molar-refractivity contribution in [3.63, 3.8) is 0 Å².